The maximum Gasteiger partial charge on any atom is 0.256 e. The van der Waals surface area contributed by atoms with Crippen molar-refractivity contribution in [3.8, 4) is 17.7 Å². The number of methoxy groups -OCH3 is 1. The number of morpholine rings is 1. The second-order valence-electron chi connectivity index (χ2n) is 11.7. The quantitative estimate of drug-likeness (QED) is 0.108. The summed E-state index contributed by atoms with van der Waals surface area (Å²) in [4.78, 5) is 8.41. The van der Waals surface area contributed by atoms with Gasteiger partial charge >= 0.3 is 0 Å². The van der Waals surface area contributed by atoms with Gasteiger partial charge in [0, 0.05) is 44.6 Å². The van der Waals surface area contributed by atoms with Gasteiger partial charge in [0.15, 0.2) is 0 Å². The largest absolute Gasteiger partial charge is 0.490 e. The average molecular weight is 680 g/mol. The van der Waals surface area contributed by atoms with Crippen molar-refractivity contribution in [2.45, 2.75) is 77.9 Å². The van der Waals surface area contributed by atoms with Crippen molar-refractivity contribution < 1.29 is 18.9 Å². The van der Waals surface area contributed by atoms with Gasteiger partial charge in [-0.2, -0.15) is 5.26 Å². The van der Waals surface area contributed by atoms with Crippen LogP contribution >= 0.6 is 0 Å². The molecule has 6 N–H and O–H groups in total. The summed E-state index contributed by atoms with van der Waals surface area (Å²) in [5, 5.41) is 20.6. The number of rotatable bonds is 15. The lowest BCUT2D eigenvalue weighted by Gasteiger charge is -2.22. The fraction of sp³-hybridized carbons (Fsp3) is 0.556. The van der Waals surface area contributed by atoms with Crippen LogP contribution in [0.4, 0.5) is 5.69 Å². The summed E-state index contributed by atoms with van der Waals surface area (Å²) < 4.78 is 24.3. The molecular weight excluding hydrogens is 622 g/mol. The SMILES string of the molecule is C1COCCN1.C=C(/N=C\C(=C/N)c1ccc(C#N)c(OCCN=CN)c1)Nc1cn(C2CCCCC2)nc1OCCC(C)(C)OC.CC. The molecule has 1 aromatic heterocycles. The van der Waals surface area contributed by atoms with Crippen LogP contribution in [0.5, 0.6) is 11.6 Å². The molecule has 270 valence electrons. The maximum absolute atomic E-state index is 9.45. The van der Waals surface area contributed by atoms with Crippen LogP contribution in [0.15, 0.2) is 53.0 Å². The van der Waals surface area contributed by atoms with Gasteiger partial charge in [0.25, 0.3) is 5.88 Å². The molecule has 4 rings (SSSR count). The minimum Gasteiger partial charge on any atom is -0.490 e. The lowest BCUT2D eigenvalue weighted by Crippen LogP contribution is -2.30. The molecule has 0 atom stereocenters. The number of nitrogens with one attached hydrogen (secondary N) is 2. The molecule has 2 heterocycles. The van der Waals surface area contributed by atoms with Crippen LogP contribution in [0.25, 0.3) is 5.57 Å². The zero-order valence-electron chi connectivity index (χ0n) is 30.0. The van der Waals surface area contributed by atoms with Crippen LogP contribution < -0.4 is 31.6 Å². The summed E-state index contributed by atoms with van der Waals surface area (Å²) in [6, 6.07) is 7.68. The maximum atomic E-state index is 9.45. The van der Waals surface area contributed by atoms with E-state index in [-0.39, 0.29) is 12.2 Å². The van der Waals surface area contributed by atoms with E-state index in [2.05, 4.69) is 33.3 Å². The van der Waals surface area contributed by atoms with E-state index in [1.165, 1.54) is 31.8 Å². The first-order valence-corrected chi connectivity index (χ1v) is 17.1. The van der Waals surface area contributed by atoms with Crippen LogP contribution in [-0.2, 0) is 9.47 Å². The van der Waals surface area contributed by atoms with Gasteiger partial charge in [0.1, 0.15) is 29.9 Å². The minimum atomic E-state index is -0.298. The van der Waals surface area contributed by atoms with E-state index in [4.69, 9.17) is 35.5 Å². The smallest absolute Gasteiger partial charge is 0.256 e. The summed E-state index contributed by atoms with van der Waals surface area (Å²) in [5.74, 6) is 1.32. The Hall–Kier alpha value is -4.38. The Bertz CT molecular complexity index is 1370. The number of hydrogen-bond acceptors (Lipinski definition) is 11. The van der Waals surface area contributed by atoms with Crippen molar-refractivity contribution >= 4 is 23.8 Å². The number of benzene rings is 1. The third-order valence-corrected chi connectivity index (χ3v) is 7.83. The summed E-state index contributed by atoms with van der Waals surface area (Å²) in [6.45, 7) is 17.1. The molecule has 1 saturated heterocycles. The third-order valence-electron chi connectivity index (χ3n) is 7.83. The second kappa shape index (κ2) is 23.1. The molecule has 13 nitrogen and oxygen atoms in total. The molecule has 0 bridgehead atoms. The molecule has 1 aromatic carbocycles. The highest BCUT2D eigenvalue weighted by Gasteiger charge is 2.21. The monoisotopic (exact) mass is 679 g/mol. The van der Waals surface area contributed by atoms with Crippen molar-refractivity contribution in [2.75, 3.05) is 58.5 Å². The molecule has 0 radical (unpaired) electrons. The van der Waals surface area contributed by atoms with Crippen LogP contribution in [0.3, 0.4) is 0 Å². The fourth-order valence-corrected chi connectivity index (χ4v) is 4.86. The lowest BCUT2D eigenvalue weighted by atomic mass is 9.96. The second-order valence-corrected chi connectivity index (χ2v) is 11.7. The van der Waals surface area contributed by atoms with Gasteiger partial charge in [0.05, 0.1) is 56.1 Å². The Balaban J connectivity index is 0.000000923. The van der Waals surface area contributed by atoms with Crippen LogP contribution in [-0.4, -0.2) is 81.1 Å². The van der Waals surface area contributed by atoms with Gasteiger partial charge in [-0.3, -0.25) is 9.67 Å². The molecule has 1 saturated carbocycles. The number of anilines is 1. The number of nitriles is 1. The summed E-state index contributed by atoms with van der Waals surface area (Å²) >= 11 is 0. The third kappa shape index (κ3) is 14.7. The number of aliphatic imine (C=N–C) groups is 2. The van der Waals surface area contributed by atoms with Gasteiger partial charge in [-0.15, -0.1) is 5.10 Å². The first kappa shape index (κ1) is 40.8. The highest BCUT2D eigenvalue weighted by atomic mass is 16.5. The molecule has 2 aliphatic rings. The van der Waals surface area contributed by atoms with Gasteiger partial charge < -0.3 is 41.0 Å². The van der Waals surface area contributed by atoms with E-state index < -0.39 is 0 Å². The molecule has 0 amide bonds. The number of nitrogens with zero attached hydrogens (tertiary/aromatic N) is 5. The molecule has 0 unspecified atom stereocenters. The van der Waals surface area contributed by atoms with Crippen molar-refractivity contribution in [1.29, 1.82) is 5.26 Å². The predicted octanol–water partition coefficient (Wildman–Crippen LogP) is 5.41. The van der Waals surface area contributed by atoms with E-state index in [1.54, 1.807) is 31.5 Å². The number of nitrogens with two attached hydrogens (primary N) is 2. The highest BCUT2D eigenvalue weighted by molar-refractivity contribution is 6.10. The zero-order chi connectivity index (χ0) is 35.9. The Morgan fingerprint density at radius 1 is 1.18 bits per heavy atom. The highest BCUT2D eigenvalue weighted by Crippen LogP contribution is 2.33. The standard InChI is InChI=1S/C30H42N8O3.C4H9NO.C2H6/c1-22(35-19-25(18-32)23-10-11-24(17-31)28(16-23)40-15-13-34-21-33)36-27-20-38(26-8-6-5-7-9-26)37-29(27)41-14-12-30(2,3)39-4;1-3-6-4-2-5-1;1-2/h10-11,16,18-21,26,36H,1,5-9,12-15,32H2,2-4H3,(H2,33,34);5H,1-4H2;1-2H3/b25-18+,35-19-;;. The van der Waals surface area contributed by atoms with Crippen LogP contribution in [0.1, 0.15) is 83.4 Å². The molecular formula is C36H57N9O4. The molecule has 1 aliphatic carbocycles. The van der Waals surface area contributed by atoms with E-state index in [0.29, 0.717) is 59.9 Å². The molecule has 2 fully saturated rings. The fourth-order valence-electron chi connectivity index (χ4n) is 4.86. The molecule has 2 aromatic rings. The molecule has 1 aliphatic heterocycles. The number of aromatic nitrogens is 2. The lowest BCUT2D eigenvalue weighted by molar-refractivity contribution is 0.00505. The summed E-state index contributed by atoms with van der Waals surface area (Å²) in [5.41, 5.74) is 13.4. The normalized spacial score (nSPS) is 15.5. The molecule has 49 heavy (non-hydrogen) atoms. The molecule has 0 spiro atoms. The van der Waals surface area contributed by atoms with Gasteiger partial charge in [-0.1, -0.05) is 45.8 Å². The topological polar surface area (TPSA) is 179 Å². The van der Waals surface area contributed by atoms with E-state index in [1.807, 2.05) is 38.6 Å². The van der Waals surface area contributed by atoms with Crippen molar-refractivity contribution in [3.63, 3.8) is 0 Å². The number of hydrogen-bond donors (Lipinski definition) is 4. The van der Waals surface area contributed by atoms with Gasteiger partial charge in [0.2, 0.25) is 0 Å². The van der Waals surface area contributed by atoms with Crippen molar-refractivity contribution in [3.05, 3.63) is 54.1 Å². The van der Waals surface area contributed by atoms with Crippen LogP contribution in [0, 0.1) is 11.3 Å². The van der Waals surface area contributed by atoms with Crippen LogP contribution in [0.2, 0.25) is 0 Å². The first-order chi connectivity index (χ1) is 23.8. The Kier molecular flexibility index (Phi) is 19.2. The molecule has 13 heteroatoms. The van der Waals surface area contributed by atoms with Crippen molar-refractivity contribution in [1.82, 2.24) is 15.1 Å². The van der Waals surface area contributed by atoms with Gasteiger partial charge in [-0.25, -0.2) is 4.99 Å². The number of ether oxygens (including phenoxy) is 4. The Morgan fingerprint density at radius 2 is 1.92 bits per heavy atom. The van der Waals surface area contributed by atoms with E-state index in [9.17, 15) is 5.26 Å². The Morgan fingerprint density at radius 3 is 2.51 bits per heavy atom. The average Bonchev–Trinajstić information content (AvgIpc) is 3.54. The van der Waals surface area contributed by atoms with Crippen molar-refractivity contribution in [2.24, 2.45) is 21.5 Å². The Labute approximate surface area is 292 Å². The summed E-state index contributed by atoms with van der Waals surface area (Å²) in [7, 11) is 1.70. The first-order valence-electron chi connectivity index (χ1n) is 17.1. The predicted molar refractivity (Wildman–Crippen MR) is 198 cm³/mol. The minimum absolute atomic E-state index is 0.282. The number of allylic oxidation sites excluding steroid dienone is 1. The van der Waals surface area contributed by atoms with Gasteiger partial charge in [-0.05, 0) is 44.4 Å². The van der Waals surface area contributed by atoms with E-state index in [0.717, 1.165) is 44.7 Å². The zero-order valence-corrected chi connectivity index (χ0v) is 30.0. The summed E-state index contributed by atoms with van der Waals surface area (Å²) in [6.07, 6.45) is 12.8. The van der Waals surface area contributed by atoms with E-state index >= 15 is 0 Å².